The lowest BCUT2D eigenvalue weighted by Crippen LogP contribution is -2.55. The highest BCUT2D eigenvalue weighted by molar-refractivity contribution is 5.95. The minimum Gasteiger partial charge on any atom is -0.478 e. The summed E-state index contributed by atoms with van der Waals surface area (Å²) >= 11 is 0. The number of nitrogens with zero attached hydrogens (tertiary/aromatic N) is 5. The molecule has 4 rings (SSSR count). The van der Waals surface area contributed by atoms with E-state index in [2.05, 4.69) is 15.0 Å². The van der Waals surface area contributed by atoms with Gasteiger partial charge in [-0.1, -0.05) is 6.92 Å². The molecule has 1 aliphatic rings. The summed E-state index contributed by atoms with van der Waals surface area (Å²) in [5.74, 6) is -0.485. The topological polar surface area (TPSA) is 101 Å². The number of pyridine rings is 3. The maximum atomic E-state index is 13.8. The Labute approximate surface area is 230 Å². The van der Waals surface area contributed by atoms with E-state index in [0.29, 0.717) is 48.1 Å². The molecule has 1 amide bonds. The fourth-order valence-corrected chi connectivity index (χ4v) is 4.79. The minimum absolute atomic E-state index is 0.152. The van der Waals surface area contributed by atoms with Crippen molar-refractivity contribution in [3.05, 3.63) is 59.5 Å². The standard InChI is InChI=1S/C28H32F3N5O4/c1-4-18-16-35(27(38)20-9-12-24(39-5-2)34-25(20)28(29,30)31)14-15-36(18)23-11-10-21(33-22(23)17-37)19-8-7-13-32-26(19)40-6-3/h7-13,18,37H,4-6,14-17H2,1-3H3/t18-/m1/s1. The highest BCUT2D eigenvalue weighted by atomic mass is 19.4. The lowest BCUT2D eigenvalue weighted by Gasteiger charge is -2.43. The van der Waals surface area contributed by atoms with Crippen molar-refractivity contribution in [3.63, 3.8) is 0 Å². The molecule has 1 aliphatic heterocycles. The molecule has 0 aliphatic carbocycles. The second-order valence-corrected chi connectivity index (χ2v) is 9.09. The molecule has 0 aromatic carbocycles. The van der Waals surface area contributed by atoms with Gasteiger partial charge in [-0.25, -0.2) is 15.0 Å². The molecule has 0 saturated carbocycles. The summed E-state index contributed by atoms with van der Waals surface area (Å²) in [6.07, 6.45) is -2.57. The molecule has 1 saturated heterocycles. The Hall–Kier alpha value is -3.93. The number of piperazine rings is 1. The average molecular weight is 560 g/mol. The molecule has 1 atom stereocenters. The molecule has 12 heteroatoms. The summed E-state index contributed by atoms with van der Waals surface area (Å²) in [6.45, 7) is 6.44. The number of aliphatic hydroxyl groups excluding tert-OH is 1. The maximum Gasteiger partial charge on any atom is 0.434 e. The van der Waals surface area contributed by atoms with Crippen molar-refractivity contribution in [2.45, 2.75) is 46.0 Å². The van der Waals surface area contributed by atoms with E-state index in [1.165, 1.54) is 11.0 Å². The van der Waals surface area contributed by atoms with Crippen molar-refractivity contribution in [3.8, 4) is 23.0 Å². The molecule has 0 unspecified atom stereocenters. The van der Waals surface area contributed by atoms with Gasteiger partial charge in [-0.15, -0.1) is 0 Å². The fraction of sp³-hybridized carbons (Fsp3) is 0.429. The second kappa shape index (κ2) is 12.5. The number of anilines is 1. The first-order chi connectivity index (χ1) is 19.2. The molecule has 0 spiro atoms. The number of hydrogen-bond acceptors (Lipinski definition) is 8. The van der Waals surface area contributed by atoms with Crippen LogP contribution in [0.25, 0.3) is 11.3 Å². The molecule has 1 fully saturated rings. The molecule has 0 bridgehead atoms. The van der Waals surface area contributed by atoms with E-state index >= 15 is 0 Å². The van der Waals surface area contributed by atoms with Gasteiger partial charge in [0.05, 0.1) is 48.0 Å². The van der Waals surface area contributed by atoms with Crippen LogP contribution in [0.4, 0.5) is 18.9 Å². The van der Waals surface area contributed by atoms with Gasteiger partial charge in [-0.3, -0.25) is 4.79 Å². The largest absolute Gasteiger partial charge is 0.478 e. The second-order valence-electron chi connectivity index (χ2n) is 9.09. The van der Waals surface area contributed by atoms with Gasteiger partial charge in [0, 0.05) is 37.9 Å². The number of carbonyl (C=O) groups excluding carboxylic acids is 1. The molecular weight excluding hydrogens is 527 g/mol. The van der Waals surface area contributed by atoms with Gasteiger partial charge in [0.1, 0.15) is 0 Å². The predicted octanol–water partition coefficient (Wildman–Crippen LogP) is 4.59. The van der Waals surface area contributed by atoms with Crippen molar-refractivity contribution in [1.82, 2.24) is 19.9 Å². The molecule has 40 heavy (non-hydrogen) atoms. The molecule has 3 aromatic heterocycles. The Balaban J connectivity index is 1.59. The van der Waals surface area contributed by atoms with E-state index in [1.54, 1.807) is 19.2 Å². The summed E-state index contributed by atoms with van der Waals surface area (Å²) in [7, 11) is 0. The zero-order chi connectivity index (χ0) is 28.9. The summed E-state index contributed by atoms with van der Waals surface area (Å²) in [5, 5.41) is 10.2. The number of halogens is 3. The number of ether oxygens (including phenoxy) is 2. The Morgan fingerprint density at radius 3 is 2.50 bits per heavy atom. The Morgan fingerprint density at radius 1 is 1.05 bits per heavy atom. The average Bonchev–Trinajstić information content (AvgIpc) is 2.96. The summed E-state index contributed by atoms with van der Waals surface area (Å²) in [5.41, 5.74) is 0.653. The molecule has 3 aromatic rings. The minimum atomic E-state index is -4.82. The van der Waals surface area contributed by atoms with E-state index in [-0.39, 0.29) is 38.2 Å². The Morgan fingerprint density at radius 2 is 1.82 bits per heavy atom. The van der Waals surface area contributed by atoms with Crippen LogP contribution in [-0.4, -0.2) is 69.8 Å². The molecule has 214 valence electrons. The van der Waals surface area contributed by atoms with Crippen molar-refractivity contribution < 1.29 is 32.5 Å². The number of aromatic nitrogens is 3. The van der Waals surface area contributed by atoms with Crippen LogP contribution in [0.1, 0.15) is 48.9 Å². The molecule has 4 heterocycles. The van der Waals surface area contributed by atoms with Gasteiger partial charge in [-0.05, 0) is 50.6 Å². The first-order valence-electron chi connectivity index (χ1n) is 13.2. The number of aliphatic hydroxyl groups is 1. The number of hydrogen-bond donors (Lipinski definition) is 1. The first-order valence-corrected chi connectivity index (χ1v) is 13.2. The van der Waals surface area contributed by atoms with Gasteiger partial charge < -0.3 is 24.4 Å². The monoisotopic (exact) mass is 559 g/mol. The van der Waals surface area contributed by atoms with Crippen LogP contribution in [0.5, 0.6) is 11.8 Å². The van der Waals surface area contributed by atoms with Gasteiger partial charge in [0.25, 0.3) is 5.91 Å². The molecule has 1 N–H and O–H groups in total. The van der Waals surface area contributed by atoms with E-state index in [1.807, 2.05) is 36.9 Å². The maximum absolute atomic E-state index is 13.8. The predicted molar refractivity (Wildman–Crippen MR) is 142 cm³/mol. The molecule has 0 radical (unpaired) electrons. The number of rotatable bonds is 9. The van der Waals surface area contributed by atoms with Crippen molar-refractivity contribution >= 4 is 11.6 Å². The van der Waals surface area contributed by atoms with Gasteiger partial charge in [0.2, 0.25) is 11.8 Å². The van der Waals surface area contributed by atoms with Crippen LogP contribution in [0, 0.1) is 0 Å². The third-order valence-corrected chi connectivity index (χ3v) is 6.64. The number of amides is 1. The third-order valence-electron chi connectivity index (χ3n) is 6.64. The first kappa shape index (κ1) is 29.1. The zero-order valence-corrected chi connectivity index (χ0v) is 22.6. The summed E-state index contributed by atoms with van der Waals surface area (Å²) in [6, 6.07) is 9.48. The van der Waals surface area contributed by atoms with E-state index in [9.17, 15) is 23.1 Å². The van der Waals surface area contributed by atoms with E-state index in [0.717, 1.165) is 6.07 Å². The highest BCUT2D eigenvalue weighted by Crippen LogP contribution is 2.34. The summed E-state index contributed by atoms with van der Waals surface area (Å²) in [4.78, 5) is 29.3. The van der Waals surface area contributed by atoms with Crippen LogP contribution in [0.2, 0.25) is 0 Å². The smallest absolute Gasteiger partial charge is 0.434 e. The lowest BCUT2D eigenvalue weighted by atomic mass is 10.0. The normalized spacial score (nSPS) is 15.7. The number of alkyl halides is 3. The van der Waals surface area contributed by atoms with Crippen LogP contribution < -0.4 is 14.4 Å². The van der Waals surface area contributed by atoms with Crippen molar-refractivity contribution in [2.24, 2.45) is 0 Å². The van der Waals surface area contributed by atoms with Gasteiger partial charge in [0.15, 0.2) is 5.69 Å². The van der Waals surface area contributed by atoms with Crippen LogP contribution >= 0.6 is 0 Å². The van der Waals surface area contributed by atoms with Gasteiger partial charge in [-0.2, -0.15) is 13.2 Å². The van der Waals surface area contributed by atoms with Crippen molar-refractivity contribution in [2.75, 3.05) is 37.7 Å². The fourth-order valence-electron chi connectivity index (χ4n) is 4.79. The van der Waals surface area contributed by atoms with Crippen LogP contribution in [0.15, 0.2) is 42.6 Å². The van der Waals surface area contributed by atoms with Gasteiger partial charge >= 0.3 is 6.18 Å². The zero-order valence-electron chi connectivity index (χ0n) is 22.6. The highest BCUT2D eigenvalue weighted by Gasteiger charge is 2.40. The molecule has 9 nitrogen and oxygen atoms in total. The Kier molecular flexibility index (Phi) is 9.08. The van der Waals surface area contributed by atoms with Crippen molar-refractivity contribution in [1.29, 1.82) is 0 Å². The van der Waals surface area contributed by atoms with Crippen LogP contribution in [-0.2, 0) is 12.8 Å². The third kappa shape index (κ3) is 6.11. The SMILES string of the molecule is CCOc1ccc(C(=O)N2CCN(c3ccc(-c4cccnc4OCC)nc3CO)[C@H](CC)C2)c(C(F)(F)F)n1. The Bertz CT molecular complexity index is 1340. The van der Waals surface area contributed by atoms with Crippen LogP contribution in [0.3, 0.4) is 0 Å². The quantitative estimate of drug-likeness (QED) is 0.407. The summed E-state index contributed by atoms with van der Waals surface area (Å²) < 4.78 is 52.1. The van der Waals surface area contributed by atoms with E-state index < -0.39 is 23.3 Å². The number of carbonyl (C=O) groups is 1. The lowest BCUT2D eigenvalue weighted by molar-refractivity contribution is -0.141. The van der Waals surface area contributed by atoms with E-state index in [4.69, 9.17) is 9.47 Å². The molecular formula is C28H32F3N5O4.